The highest BCUT2D eigenvalue weighted by molar-refractivity contribution is 8.00. The fourth-order valence-corrected chi connectivity index (χ4v) is 6.70. The van der Waals surface area contributed by atoms with Gasteiger partial charge in [-0.05, 0) is 55.7 Å². The van der Waals surface area contributed by atoms with E-state index in [-0.39, 0.29) is 47.3 Å². The van der Waals surface area contributed by atoms with E-state index in [0.29, 0.717) is 22.1 Å². The number of hydrogen-bond acceptors (Lipinski definition) is 5. The first-order chi connectivity index (χ1) is 16.6. The third-order valence-electron chi connectivity index (χ3n) is 6.86. The van der Waals surface area contributed by atoms with Crippen LogP contribution in [0.25, 0.3) is 0 Å². The van der Waals surface area contributed by atoms with E-state index in [1.165, 1.54) is 17.8 Å². The normalized spacial score (nSPS) is 25.4. The summed E-state index contributed by atoms with van der Waals surface area (Å²) >= 11 is 7.90. The fraction of sp³-hybridized carbons (Fsp3) is 0.417. The van der Waals surface area contributed by atoms with Gasteiger partial charge in [-0.1, -0.05) is 11.6 Å². The molecule has 188 valence electrons. The highest BCUT2D eigenvalue weighted by Crippen LogP contribution is 2.53. The van der Waals surface area contributed by atoms with E-state index in [0.717, 1.165) is 25.7 Å². The van der Waals surface area contributed by atoms with Crippen molar-refractivity contribution in [2.45, 2.75) is 41.4 Å². The maximum atomic E-state index is 13.5. The first-order valence-electron chi connectivity index (χ1n) is 11.2. The molecule has 2 amide bonds. The maximum absolute atomic E-state index is 13.5. The number of benzene rings is 2. The minimum atomic E-state index is -1.61. The van der Waals surface area contributed by atoms with Crippen molar-refractivity contribution in [2.75, 3.05) is 18.4 Å². The van der Waals surface area contributed by atoms with Crippen molar-refractivity contribution >= 4 is 40.9 Å². The quantitative estimate of drug-likeness (QED) is 0.406. The molecule has 2 aromatic rings. The van der Waals surface area contributed by atoms with Crippen molar-refractivity contribution in [3.8, 4) is 0 Å². The molecule has 0 saturated heterocycles. The Balaban J connectivity index is 1.44. The molecule has 6 nitrogen and oxygen atoms in total. The summed E-state index contributed by atoms with van der Waals surface area (Å²) in [4.78, 5) is 24.9. The van der Waals surface area contributed by atoms with Crippen molar-refractivity contribution in [1.82, 2.24) is 5.32 Å². The Hall–Kier alpha value is -2.27. The number of nitrogens with one attached hydrogen (secondary N) is 2. The second kappa shape index (κ2) is 10.4. The number of halogens is 4. The summed E-state index contributed by atoms with van der Waals surface area (Å²) in [5.41, 5.74) is 4.40. The number of nitrogens with two attached hydrogens (primary N) is 1. The van der Waals surface area contributed by atoms with Gasteiger partial charge in [-0.3, -0.25) is 9.59 Å². The third kappa shape index (κ3) is 5.45. The number of thioether (sulfide) groups is 1. The lowest BCUT2D eigenvalue weighted by Gasteiger charge is -2.42. The van der Waals surface area contributed by atoms with E-state index in [4.69, 9.17) is 17.3 Å². The van der Waals surface area contributed by atoms with E-state index in [1.807, 2.05) is 0 Å². The van der Waals surface area contributed by atoms with Crippen LogP contribution in [0.3, 0.4) is 0 Å². The molecule has 2 saturated carbocycles. The molecule has 0 heterocycles. The number of anilines is 1. The fourth-order valence-electron chi connectivity index (χ4n) is 5.05. The van der Waals surface area contributed by atoms with Gasteiger partial charge in [-0.25, -0.2) is 13.2 Å². The molecule has 4 atom stereocenters. The molecule has 5 N–H and O–H groups in total. The number of hydrogen-bond donors (Lipinski definition) is 4. The van der Waals surface area contributed by atoms with Crippen LogP contribution in [0.4, 0.5) is 18.9 Å². The molecular weight excluding hydrogens is 503 g/mol. The Morgan fingerprint density at radius 3 is 2.34 bits per heavy atom. The van der Waals surface area contributed by atoms with Crippen LogP contribution in [0.1, 0.15) is 36.0 Å². The van der Waals surface area contributed by atoms with E-state index in [2.05, 4.69) is 10.6 Å². The van der Waals surface area contributed by atoms with Crippen LogP contribution in [0.15, 0.2) is 35.2 Å². The Kier molecular flexibility index (Phi) is 7.65. The zero-order chi connectivity index (χ0) is 25.3. The number of amides is 2. The average molecular weight is 528 g/mol. The SMILES string of the molecule is NCC(=O)NCC1(O)C2CC[C@H]1CC(Sc1cc(C(=O)Nc3cc(F)c(F)c(F)c3)ccc1Cl)C2. The number of fused-ring (bicyclic) bond motifs is 2. The summed E-state index contributed by atoms with van der Waals surface area (Å²) in [5, 5.41) is 16.9. The summed E-state index contributed by atoms with van der Waals surface area (Å²) in [7, 11) is 0. The second-order valence-electron chi connectivity index (χ2n) is 9.01. The molecule has 0 aliphatic heterocycles. The minimum absolute atomic E-state index is 0.0188. The number of aliphatic hydroxyl groups is 1. The molecule has 2 aliphatic rings. The van der Waals surface area contributed by atoms with Crippen molar-refractivity contribution < 1.29 is 27.9 Å². The number of carbonyl (C=O) groups excluding carboxylic acids is 2. The van der Waals surface area contributed by atoms with Crippen LogP contribution in [-0.4, -0.2) is 40.9 Å². The Morgan fingerprint density at radius 2 is 1.74 bits per heavy atom. The molecule has 4 rings (SSSR count). The first kappa shape index (κ1) is 25.8. The van der Waals surface area contributed by atoms with Crippen LogP contribution in [0.2, 0.25) is 5.02 Å². The molecule has 35 heavy (non-hydrogen) atoms. The largest absolute Gasteiger partial charge is 0.387 e. The lowest BCUT2D eigenvalue weighted by Crippen LogP contribution is -2.54. The summed E-state index contributed by atoms with van der Waals surface area (Å²) in [5.74, 6) is -5.30. The highest BCUT2D eigenvalue weighted by atomic mass is 35.5. The molecule has 0 spiro atoms. The van der Waals surface area contributed by atoms with Crippen molar-refractivity contribution in [1.29, 1.82) is 0 Å². The summed E-state index contributed by atoms with van der Waals surface area (Å²) in [6.45, 7) is 0.0497. The van der Waals surface area contributed by atoms with Gasteiger partial charge in [0.25, 0.3) is 5.91 Å². The average Bonchev–Trinajstić information content (AvgIpc) is 2.98. The van der Waals surface area contributed by atoms with E-state index in [9.17, 15) is 27.9 Å². The molecule has 2 bridgehead atoms. The Labute approximate surface area is 209 Å². The van der Waals surface area contributed by atoms with Gasteiger partial charge < -0.3 is 21.5 Å². The summed E-state index contributed by atoms with van der Waals surface area (Å²) in [6.07, 6.45) is 3.16. The zero-order valence-electron chi connectivity index (χ0n) is 18.6. The zero-order valence-corrected chi connectivity index (χ0v) is 20.2. The summed E-state index contributed by atoms with van der Waals surface area (Å²) in [6, 6.07) is 6.07. The van der Waals surface area contributed by atoms with Crippen molar-refractivity contribution in [3.63, 3.8) is 0 Å². The van der Waals surface area contributed by atoms with Crippen LogP contribution in [0, 0.1) is 29.3 Å². The smallest absolute Gasteiger partial charge is 0.255 e. The first-order valence-corrected chi connectivity index (χ1v) is 12.5. The van der Waals surface area contributed by atoms with Crippen LogP contribution in [0.5, 0.6) is 0 Å². The standard InChI is InChI=1S/C24H25ClF3N3O3S/c25-17-4-1-12(23(33)31-15-8-18(26)22(28)19(27)9-15)5-20(17)35-16-6-13-2-3-14(7-16)24(13,34)11-30-21(32)10-29/h1,4-5,8-9,13-14,16,34H,2-3,6-7,10-11,29H2,(H,30,32)(H,31,33)/t13-,14?,16?,24?/m0/s1. The minimum Gasteiger partial charge on any atom is -0.387 e. The van der Waals surface area contributed by atoms with Gasteiger partial charge in [0.2, 0.25) is 5.91 Å². The van der Waals surface area contributed by atoms with E-state index >= 15 is 0 Å². The monoisotopic (exact) mass is 527 g/mol. The molecule has 0 aromatic heterocycles. The second-order valence-corrected chi connectivity index (χ2v) is 10.8. The van der Waals surface area contributed by atoms with E-state index < -0.39 is 29.0 Å². The highest BCUT2D eigenvalue weighted by Gasteiger charge is 2.53. The predicted molar refractivity (Wildman–Crippen MR) is 128 cm³/mol. The third-order valence-corrected chi connectivity index (χ3v) is 8.61. The molecule has 3 unspecified atom stereocenters. The number of carbonyl (C=O) groups is 2. The molecule has 2 aliphatic carbocycles. The van der Waals surface area contributed by atoms with Gasteiger partial charge in [-0.15, -0.1) is 11.8 Å². The van der Waals surface area contributed by atoms with Crippen LogP contribution in [-0.2, 0) is 4.79 Å². The molecule has 11 heteroatoms. The van der Waals surface area contributed by atoms with E-state index in [1.54, 1.807) is 12.1 Å². The van der Waals surface area contributed by atoms with Crippen LogP contribution < -0.4 is 16.4 Å². The van der Waals surface area contributed by atoms with Crippen molar-refractivity contribution in [2.24, 2.45) is 17.6 Å². The van der Waals surface area contributed by atoms with Gasteiger partial charge in [0.05, 0.1) is 17.2 Å². The topological polar surface area (TPSA) is 104 Å². The molecule has 2 fully saturated rings. The Morgan fingerprint density at radius 1 is 1.11 bits per heavy atom. The summed E-state index contributed by atoms with van der Waals surface area (Å²) < 4.78 is 40.1. The molecule has 2 aromatic carbocycles. The predicted octanol–water partition coefficient (Wildman–Crippen LogP) is 4.10. The van der Waals surface area contributed by atoms with Gasteiger partial charge >= 0.3 is 0 Å². The molecule has 0 radical (unpaired) electrons. The lowest BCUT2D eigenvalue weighted by molar-refractivity contribution is -0.122. The maximum Gasteiger partial charge on any atom is 0.255 e. The van der Waals surface area contributed by atoms with Crippen molar-refractivity contribution in [3.05, 3.63) is 58.4 Å². The van der Waals surface area contributed by atoms with Gasteiger partial charge in [0, 0.05) is 40.1 Å². The van der Waals surface area contributed by atoms with Gasteiger partial charge in [-0.2, -0.15) is 0 Å². The Bertz CT molecular complexity index is 1120. The van der Waals surface area contributed by atoms with Gasteiger partial charge in [0.1, 0.15) is 0 Å². The number of rotatable bonds is 7. The molecular formula is C24H25ClF3N3O3S. The van der Waals surface area contributed by atoms with Gasteiger partial charge in [0.15, 0.2) is 17.5 Å². The van der Waals surface area contributed by atoms with Crippen LogP contribution >= 0.6 is 23.4 Å². The lowest BCUT2D eigenvalue weighted by atomic mass is 9.74.